The molecule has 0 spiro atoms. The van der Waals surface area contributed by atoms with Crippen LogP contribution in [0.15, 0.2) is 48.9 Å². The van der Waals surface area contributed by atoms with Crippen molar-refractivity contribution in [2.45, 2.75) is 6.42 Å². The zero-order valence-electron chi connectivity index (χ0n) is 14.9. The van der Waals surface area contributed by atoms with Crippen molar-refractivity contribution in [3.63, 3.8) is 0 Å². The minimum Gasteiger partial charge on any atom is -0.352 e. The van der Waals surface area contributed by atoms with Crippen LogP contribution in [-0.4, -0.2) is 33.9 Å². The number of nitrogens with one attached hydrogen (secondary N) is 2. The fourth-order valence-electron chi connectivity index (χ4n) is 3.08. The molecule has 4 N–H and O–H groups in total. The Bertz CT molecular complexity index is 1140. The highest BCUT2D eigenvalue weighted by Gasteiger charge is 2.14. The molecule has 0 unspecified atom stereocenters. The summed E-state index contributed by atoms with van der Waals surface area (Å²) in [5.41, 5.74) is 8.33. The van der Waals surface area contributed by atoms with Gasteiger partial charge in [-0.3, -0.25) is 9.78 Å². The highest BCUT2D eigenvalue weighted by atomic mass is 35.5. The Labute approximate surface area is 166 Å². The SMILES string of the molecule is Cl.NCCCNC(=O)c1cnc2[nH]cc(-c3cc(F)c4ncccc4c3)c2c1. The first-order valence-electron chi connectivity index (χ1n) is 8.67. The summed E-state index contributed by atoms with van der Waals surface area (Å²) in [6.07, 6.45) is 5.56. The minimum atomic E-state index is -0.388. The third-order valence-electron chi connectivity index (χ3n) is 4.43. The number of rotatable bonds is 5. The summed E-state index contributed by atoms with van der Waals surface area (Å²) in [6, 6.07) is 8.68. The molecular weight excluding hydrogens is 381 g/mol. The number of nitrogens with two attached hydrogens (primary N) is 1. The number of carbonyl (C=O) groups is 1. The van der Waals surface area contributed by atoms with Gasteiger partial charge in [0.15, 0.2) is 0 Å². The Kier molecular flexibility index (Phi) is 5.87. The second-order valence-corrected chi connectivity index (χ2v) is 6.25. The molecule has 0 aliphatic rings. The summed E-state index contributed by atoms with van der Waals surface area (Å²) in [4.78, 5) is 23.8. The number of hydrogen-bond donors (Lipinski definition) is 3. The molecule has 0 aliphatic carbocycles. The van der Waals surface area contributed by atoms with Gasteiger partial charge in [-0.15, -0.1) is 12.4 Å². The number of aromatic nitrogens is 3. The van der Waals surface area contributed by atoms with Crippen molar-refractivity contribution in [1.82, 2.24) is 20.3 Å². The summed E-state index contributed by atoms with van der Waals surface area (Å²) in [6.45, 7) is 1.03. The second-order valence-electron chi connectivity index (χ2n) is 6.25. The summed E-state index contributed by atoms with van der Waals surface area (Å²) >= 11 is 0. The van der Waals surface area contributed by atoms with E-state index in [1.807, 2.05) is 12.1 Å². The molecule has 4 rings (SSSR count). The number of nitrogens with zero attached hydrogens (tertiary/aromatic N) is 2. The predicted molar refractivity (Wildman–Crippen MR) is 110 cm³/mol. The van der Waals surface area contributed by atoms with E-state index in [-0.39, 0.29) is 24.1 Å². The first kappa shape index (κ1) is 19.7. The molecule has 4 aromatic rings. The molecule has 0 bridgehead atoms. The van der Waals surface area contributed by atoms with Gasteiger partial charge in [-0.05, 0) is 42.8 Å². The van der Waals surface area contributed by atoms with E-state index < -0.39 is 0 Å². The number of amides is 1. The van der Waals surface area contributed by atoms with Crippen molar-refractivity contribution in [2.24, 2.45) is 5.73 Å². The van der Waals surface area contributed by atoms with Crippen molar-refractivity contribution in [1.29, 1.82) is 0 Å². The number of fused-ring (bicyclic) bond motifs is 2. The number of hydrogen-bond acceptors (Lipinski definition) is 4. The number of pyridine rings is 2. The third-order valence-corrected chi connectivity index (χ3v) is 4.43. The molecule has 3 heterocycles. The smallest absolute Gasteiger partial charge is 0.252 e. The molecule has 0 saturated carbocycles. The van der Waals surface area contributed by atoms with Crippen LogP contribution in [0.25, 0.3) is 33.1 Å². The zero-order chi connectivity index (χ0) is 18.8. The largest absolute Gasteiger partial charge is 0.352 e. The van der Waals surface area contributed by atoms with E-state index in [0.717, 1.165) is 10.9 Å². The van der Waals surface area contributed by atoms with E-state index in [2.05, 4.69) is 20.3 Å². The van der Waals surface area contributed by atoms with Gasteiger partial charge in [-0.25, -0.2) is 9.37 Å². The molecule has 6 nitrogen and oxygen atoms in total. The first-order valence-corrected chi connectivity index (χ1v) is 8.67. The van der Waals surface area contributed by atoms with Crippen molar-refractivity contribution in [2.75, 3.05) is 13.1 Å². The van der Waals surface area contributed by atoms with Gasteiger partial charge in [-0.2, -0.15) is 0 Å². The first-order chi connectivity index (χ1) is 13.2. The van der Waals surface area contributed by atoms with Crippen LogP contribution in [0.4, 0.5) is 4.39 Å². The lowest BCUT2D eigenvalue weighted by molar-refractivity contribution is 0.0953. The number of carbonyl (C=O) groups excluding carboxylic acids is 1. The summed E-state index contributed by atoms with van der Waals surface area (Å²) < 4.78 is 14.5. The van der Waals surface area contributed by atoms with E-state index in [0.29, 0.717) is 47.2 Å². The highest BCUT2D eigenvalue weighted by molar-refractivity contribution is 6.01. The summed E-state index contributed by atoms with van der Waals surface area (Å²) in [5, 5.41) is 4.28. The van der Waals surface area contributed by atoms with Crippen molar-refractivity contribution in [3.05, 3.63) is 60.3 Å². The predicted octanol–water partition coefficient (Wildman–Crippen LogP) is 3.42. The van der Waals surface area contributed by atoms with Gasteiger partial charge >= 0.3 is 0 Å². The third kappa shape index (κ3) is 3.67. The van der Waals surface area contributed by atoms with Crippen LogP contribution in [0.5, 0.6) is 0 Å². The van der Waals surface area contributed by atoms with E-state index in [1.54, 1.807) is 24.5 Å². The summed E-state index contributed by atoms with van der Waals surface area (Å²) in [7, 11) is 0. The molecule has 0 aliphatic heterocycles. The summed E-state index contributed by atoms with van der Waals surface area (Å²) in [5.74, 6) is -0.597. The molecule has 1 amide bonds. The van der Waals surface area contributed by atoms with E-state index in [1.165, 1.54) is 12.3 Å². The monoisotopic (exact) mass is 399 g/mol. The maximum atomic E-state index is 14.5. The van der Waals surface area contributed by atoms with Gasteiger partial charge in [0.25, 0.3) is 5.91 Å². The number of benzene rings is 1. The van der Waals surface area contributed by atoms with E-state index >= 15 is 0 Å². The lowest BCUT2D eigenvalue weighted by Gasteiger charge is -2.06. The maximum absolute atomic E-state index is 14.5. The second kappa shape index (κ2) is 8.33. The number of halogens is 2. The molecule has 28 heavy (non-hydrogen) atoms. The van der Waals surface area contributed by atoms with Crippen molar-refractivity contribution < 1.29 is 9.18 Å². The van der Waals surface area contributed by atoms with Crippen LogP contribution >= 0.6 is 12.4 Å². The fraction of sp³-hybridized carbons (Fsp3) is 0.150. The Hall–Kier alpha value is -3.03. The molecule has 0 fully saturated rings. The van der Waals surface area contributed by atoms with Crippen LogP contribution in [0, 0.1) is 5.82 Å². The van der Waals surface area contributed by atoms with Crippen molar-refractivity contribution >= 4 is 40.3 Å². The molecule has 0 saturated heterocycles. The van der Waals surface area contributed by atoms with Gasteiger partial charge in [0.2, 0.25) is 0 Å². The Balaban J connectivity index is 0.00000225. The van der Waals surface area contributed by atoms with Gasteiger partial charge in [0.05, 0.1) is 5.56 Å². The molecule has 1 aromatic carbocycles. The van der Waals surface area contributed by atoms with Crippen LogP contribution in [-0.2, 0) is 0 Å². The van der Waals surface area contributed by atoms with E-state index in [9.17, 15) is 9.18 Å². The number of aromatic amines is 1. The van der Waals surface area contributed by atoms with Crippen LogP contribution in [0.1, 0.15) is 16.8 Å². The van der Waals surface area contributed by atoms with E-state index in [4.69, 9.17) is 5.73 Å². The lowest BCUT2D eigenvalue weighted by atomic mass is 10.0. The Morgan fingerprint density at radius 3 is 2.93 bits per heavy atom. The fourth-order valence-corrected chi connectivity index (χ4v) is 3.08. The molecule has 0 radical (unpaired) electrons. The normalized spacial score (nSPS) is 10.8. The van der Waals surface area contributed by atoms with Gasteiger partial charge in [0.1, 0.15) is 17.0 Å². The van der Waals surface area contributed by atoms with Crippen molar-refractivity contribution in [3.8, 4) is 11.1 Å². The van der Waals surface area contributed by atoms with Gasteiger partial charge in [-0.1, -0.05) is 6.07 Å². The minimum absolute atomic E-state index is 0. The van der Waals surface area contributed by atoms with Crippen LogP contribution in [0.3, 0.4) is 0 Å². The highest BCUT2D eigenvalue weighted by Crippen LogP contribution is 2.31. The standard InChI is InChI=1S/C20H18FN5O.ClH/c21-17-9-13(7-12-3-1-5-23-18(12)17)16-11-26-19-15(16)8-14(10-25-19)20(27)24-6-2-4-22;/h1,3,5,7-11H,2,4,6,22H2,(H,24,27)(H,25,26);1H. The number of H-pyrrole nitrogens is 1. The Morgan fingerprint density at radius 2 is 2.11 bits per heavy atom. The topological polar surface area (TPSA) is 96.7 Å². The molecule has 3 aromatic heterocycles. The quantitative estimate of drug-likeness (QED) is 0.448. The molecular formula is C20H19ClFN5O. The molecule has 0 atom stereocenters. The average molecular weight is 400 g/mol. The van der Waals surface area contributed by atoms with Gasteiger partial charge in [0, 0.05) is 41.5 Å². The Morgan fingerprint density at radius 1 is 1.25 bits per heavy atom. The molecule has 8 heteroatoms. The average Bonchev–Trinajstić information content (AvgIpc) is 3.11. The van der Waals surface area contributed by atoms with Gasteiger partial charge < -0.3 is 16.0 Å². The maximum Gasteiger partial charge on any atom is 0.252 e. The lowest BCUT2D eigenvalue weighted by Crippen LogP contribution is -2.26. The zero-order valence-corrected chi connectivity index (χ0v) is 15.7. The molecule has 144 valence electrons. The van der Waals surface area contributed by atoms with Crippen LogP contribution in [0.2, 0.25) is 0 Å². The van der Waals surface area contributed by atoms with Crippen LogP contribution < -0.4 is 11.1 Å².